The Morgan fingerprint density at radius 2 is 1.73 bits per heavy atom. The molecule has 0 aromatic heterocycles. The Morgan fingerprint density at radius 1 is 1.27 bits per heavy atom. The third-order valence-electron chi connectivity index (χ3n) is 1.29. The molecule has 0 atom stereocenters. The summed E-state index contributed by atoms with van der Waals surface area (Å²) in [5, 5.41) is 2.22. The summed E-state index contributed by atoms with van der Waals surface area (Å²) < 4.78 is 22.8. The zero-order chi connectivity index (χ0) is 11.9. The maximum Gasteiger partial charge on any atom is 0.333 e. The fourth-order valence-electron chi connectivity index (χ4n) is 0.991. The Morgan fingerprint density at radius 3 is 2.07 bits per heavy atom. The van der Waals surface area contributed by atoms with E-state index in [4.69, 9.17) is 9.05 Å². The fourth-order valence-corrected chi connectivity index (χ4v) is 2.97. The van der Waals surface area contributed by atoms with E-state index < -0.39 is 7.60 Å². The highest BCUT2D eigenvalue weighted by atomic mass is 32.1. The van der Waals surface area contributed by atoms with Crippen LogP contribution >= 0.6 is 19.8 Å². The van der Waals surface area contributed by atoms with Gasteiger partial charge in [0.15, 0.2) is 0 Å². The summed E-state index contributed by atoms with van der Waals surface area (Å²) in [6.45, 7) is 7.59. The monoisotopic (exact) mass is 251 g/mol. The topological polar surface area (TPSA) is 47.9 Å². The van der Waals surface area contributed by atoms with Crippen LogP contribution in [0.3, 0.4) is 0 Å². The van der Waals surface area contributed by atoms with Crippen LogP contribution in [0.5, 0.6) is 0 Å². The van der Waals surface area contributed by atoms with Crippen LogP contribution in [-0.2, 0) is 13.6 Å². The van der Waals surface area contributed by atoms with Crippen LogP contribution in [0.15, 0.2) is 4.99 Å². The highest BCUT2D eigenvalue weighted by Gasteiger charge is 2.26. The molecule has 0 aromatic carbocycles. The van der Waals surface area contributed by atoms with Crippen LogP contribution in [0.2, 0.25) is 0 Å². The van der Waals surface area contributed by atoms with Crippen molar-refractivity contribution in [2.75, 3.05) is 12.7 Å². The van der Waals surface area contributed by atoms with Gasteiger partial charge in [-0.3, -0.25) is 4.57 Å². The van der Waals surface area contributed by atoms with Crippen molar-refractivity contribution < 1.29 is 13.6 Å². The molecule has 0 aliphatic rings. The standard InChI is InChI=1S/C9H18NO3PS/c1-8(2)12-14(11,13-9(3)4)6-5-10-7-15/h8-9H,5-6H2,1-4H3. The van der Waals surface area contributed by atoms with Crippen LogP contribution in [0.25, 0.3) is 0 Å². The largest absolute Gasteiger partial charge is 0.333 e. The van der Waals surface area contributed by atoms with Gasteiger partial charge in [-0.1, -0.05) is 0 Å². The molecule has 4 nitrogen and oxygen atoms in total. The summed E-state index contributed by atoms with van der Waals surface area (Å²) in [7, 11) is -3.04. The van der Waals surface area contributed by atoms with E-state index in [2.05, 4.69) is 22.4 Å². The molecule has 0 saturated carbocycles. The molecule has 0 amide bonds. The van der Waals surface area contributed by atoms with Crippen LogP contribution in [0, 0.1) is 0 Å². The van der Waals surface area contributed by atoms with E-state index in [0.717, 1.165) is 0 Å². The second kappa shape index (κ2) is 7.26. The van der Waals surface area contributed by atoms with E-state index in [0.29, 0.717) is 6.54 Å². The number of isothiocyanates is 1. The Bertz CT molecular complexity index is 261. The lowest BCUT2D eigenvalue weighted by atomic mass is 10.5. The van der Waals surface area contributed by atoms with Gasteiger partial charge in [0.05, 0.1) is 30.1 Å². The number of hydrogen-bond acceptors (Lipinski definition) is 5. The summed E-state index contributed by atoms with van der Waals surface area (Å²) >= 11 is 4.43. The summed E-state index contributed by atoms with van der Waals surface area (Å²) in [6, 6.07) is 0. The first-order chi connectivity index (χ1) is 6.89. The lowest BCUT2D eigenvalue weighted by Gasteiger charge is -2.21. The lowest BCUT2D eigenvalue weighted by molar-refractivity contribution is 0.143. The Labute approximate surface area is 96.6 Å². The fraction of sp³-hybridized carbons (Fsp3) is 0.889. The lowest BCUT2D eigenvalue weighted by Crippen LogP contribution is -2.11. The van der Waals surface area contributed by atoms with Crippen LogP contribution < -0.4 is 0 Å². The minimum atomic E-state index is -3.04. The predicted octanol–water partition coefficient (Wildman–Crippen LogP) is 3.13. The van der Waals surface area contributed by atoms with Gasteiger partial charge in [0.25, 0.3) is 0 Å². The van der Waals surface area contributed by atoms with Crippen molar-refractivity contribution in [3.8, 4) is 0 Å². The van der Waals surface area contributed by atoms with Gasteiger partial charge in [0, 0.05) is 0 Å². The Hall–Kier alpha value is -0.0500. The van der Waals surface area contributed by atoms with E-state index in [1.165, 1.54) is 0 Å². The number of rotatable bonds is 7. The van der Waals surface area contributed by atoms with E-state index in [1.54, 1.807) is 0 Å². The van der Waals surface area contributed by atoms with Gasteiger partial charge in [-0.05, 0) is 39.9 Å². The van der Waals surface area contributed by atoms with Crippen molar-refractivity contribution >= 4 is 25.0 Å². The first-order valence-electron chi connectivity index (χ1n) is 4.89. The molecule has 15 heavy (non-hydrogen) atoms. The number of nitrogens with zero attached hydrogens (tertiary/aromatic N) is 1. The first kappa shape index (κ1) is 14.9. The van der Waals surface area contributed by atoms with Gasteiger partial charge in [-0.2, -0.15) is 0 Å². The molecule has 0 spiro atoms. The van der Waals surface area contributed by atoms with Gasteiger partial charge in [0.1, 0.15) is 0 Å². The summed E-state index contributed by atoms with van der Waals surface area (Å²) in [4.78, 5) is 3.70. The highest BCUT2D eigenvalue weighted by molar-refractivity contribution is 7.78. The molecule has 0 saturated heterocycles. The molecule has 0 rings (SSSR count). The molecule has 0 unspecified atom stereocenters. The molecule has 6 heteroatoms. The molecular weight excluding hydrogens is 233 g/mol. The van der Waals surface area contributed by atoms with Crippen molar-refractivity contribution in [3.05, 3.63) is 0 Å². The maximum absolute atomic E-state index is 12.1. The van der Waals surface area contributed by atoms with Crippen molar-refractivity contribution in [1.29, 1.82) is 0 Å². The number of hydrogen-bond donors (Lipinski definition) is 0. The molecule has 88 valence electrons. The molecule has 0 N–H and O–H groups in total. The minimum absolute atomic E-state index is 0.133. The smallest absolute Gasteiger partial charge is 0.306 e. The van der Waals surface area contributed by atoms with Crippen LogP contribution in [0.4, 0.5) is 0 Å². The summed E-state index contributed by atoms with van der Waals surface area (Å²) in [5.74, 6) is 0. The Kier molecular flexibility index (Phi) is 7.24. The third-order valence-corrected chi connectivity index (χ3v) is 3.66. The molecule has 0 heterocycles. The van der Waals surface area contributed by atoms with Crippen molar-refractivity contribution in [1.82, 2.24) is 0 Å². The van der Waals surface area contributed by atoms with Crippen molar-refractivity contribution in [2.24, 2.45) is 4.99 Å². The third kappa shape index (κ3) is 7.83. The second-order valence-corrected chi connectivity index (χ2v) is 5.89. The van der Waals surface area contributed by atoms with E-state index in [1.807, 2.05) is 27.7 Å². The first-order valence-corrected chi connectivity index (χ1v) is 7.02. The molecular formula is C9H18NO3PS. The minimum Gasteiger partial charge on any atom is -0.306 e. The van der Waals surface area contributed by atoms with Gasteiger partial charge in [-0.15, -0.1) is 0 Å². The molecule has 0 aliphatic heterocycles. The van der Waals surface area contributed by atoms with Gasteiger partial charge in [-0.25, -0.2) is 4.99 Å². The van der Waals surface area contributed by atoms with E-state index >= 15 is 0 Å². The van der Waals surface area contributed by atoms with E-state index in [-0.39, 0.29) is 18.4 Å². The average Bonchev–Trinajstić information content (AvgIpc) is 2.00. The van der Waals surface area contributed by atoms with Gasteiger partial charge in [0.2, 0.25) is 0 Å². The van der Waals surface area contributed by atoms with E-state index in [9.17, 15) is 4.57 Å². The highest BCUT2D eigenvalue weighted by Crippen LogP contribution is 2.50. The van der Waals surface area contributed by atoms with Crippen LogP contribution in [-0.4, -0.2) is 30.1 Å². The predicted molar refractivity (Wildman–Crippen MR) is 64.8 cm³/mol. The van der Waals surface area contributed by atoms with Crippen molar-refractivity contribution in [3.63, 3.8) is 0 Å². The average molecular weight is 251 g/mol. The zero-order valence-electron chi connectivity index (χ0n) is 9.60. The second-order valence-electron chi connectivity index (χ2n) is 3.62. The quantitative estimate of drug-likeness (QED) is 0.396. The van der Waals surface area contributed by atoms with Crippen LogP contribution in [0.1, 0.15) is 27.7 Å². The molecule has 0 radical (unpaired) electrons. The summed E-state index contributed by atoms with van der Waals surface area (Å²) in [6.07, 6.45) is -0.0235. The molecule has 0 fully saturated rings. The normalized spacial score (nSPS) is 11.9. The van der Waals surface area contributed by atoms with Gasteiger partial charge < -0.3 is 9.05 Å². The SMILES string of the molecule is CC(C)OP(=O)(CCN=C=S)OC(C)C. The molecule has 0 bridgehead atoms. The van der Waals surface area contributed by atoms with Gasteiger partial charge >= 0.3 is 7.60 Å². The summed E-state index contributed by atoms with van der Waals surface area (Å²) in [5.41, 5.74) is 0. The zero-order valence-corrected chi connectivity index (χ0v) is 11.3. The number of aliphatic imine (C=N–C) groups is 1. The molecule has 0 aliphatic carbocycles. The van der Waals surface area contributed by atoms with Crippen molar-refractivity contribution in [2.45, 2.75) is 39.9 Å². The number of thiocarbonyl (C=S) groups is 1. The molecule has 0 aromatic rings. The maximum atomic E-state index is 12.1. The Balaban J connectivity index is 4.40.